The third kappa shape index (κ3) is 10.1. The topological polar surface area (TPSA) is 123 Å². The van der Waals surface area contributed by atoms with Crippen molar-refractivity contribution in [1.82, 2.24) is 58.1 Å². The van der Waals surface area contributed by atoms with Crippen molar-refractivity contribution in [3.63, 3.8) is 0 Å². The van der Waals surface area contributed by atoms with Crippen LogP contribution in [0.25, 0.3) is 87.7 Å². The van der Waals surface area contributed by atoms with E-state index in [2.05, 4.69) is 144 Å². The first-order chi connectivity index (χ1) is 33.0. The van der Waals surface area contributed by atoms with E-state index in [1.54, 1.807) is 24.8 Å². The molecule has 8 aromatic heterocycles. The molecule has 340 valence electrons. The summed E-state index contributed by atoms with van der Waals surface area (Å²) in [6.45, 7) is 2.12. The van der Waals surface area contributed by atoms with Gasteiger partial charge in [-0.2, -0.15) is 0 Å². The molecule has 0 spiro atoms. The van der Waals surface area contributed by atoms with Gasteiger partial charge in [0.05, 0.1) is 11.4 Å². The quantitative estimate of drug-likeness (QED) is 0.127. The molecule has 0 aliphatic rings. The van der Waals surface area contributed by atoms with Crippen molar-refractivity contribution in [3.05, 3.63) is 220 Å². The summed E-state index contributed by atoms with van der Waals surface area (Å²) in [7, 11) is 3.92. The molecule has 0 bridgehead atoms. The van der Waals surface area contributed by atoms with Crippen LogP contribution in [-0.2, 0) is 54.3 Å². The minimum absolute atomic E-state index is 0. The van der Waals surface area contributed by atoms with Gasteiger partial charge in [-0.3, -0.25) is 9.13 Å². The van der Waals surface area contributed by atoms with Gasteiger partial charge in [0, 0.05) is 91.7 Å². The summed E-state index contributed by atoms with van der Waals surface area (Å²) in [5, 5.41) is 9.04. The second kappa shape index (κ2) is 21.8. The maximum absolute atomic E-state index is 4.67. The molecule has 0 unspecified atom stereocenters. The molecule has 13 aromatic rings. The van der Waals surface area contributed by atoms with E-state index < -0.39 is 0 Å². The molecule has 69 heavy (non-hydrogen) atoms. The SMILES string of the molecule is Cc1cccc2c3cccnc3c3[c-]ccnc3c12.Cn1ccn(-c2[c-]ncnc2)[cH+]1.Cn1ccn(-c2[c-]ncnc2)[cH+]1.[Ir].[Ir].[c-]1ccnc2c1c1ncccc1c1cccc(-c3ccccc3)c12. The van der Waals surface area contributed by atoms with E-state index in [9.17, 15) is 0 Å². The number of benzene rings is 5. The van der Waals surface area contributed by atoms with Crippen molar-refractivity contribution in [1.29, 1.82) is 0 Å². The molecule has 0 fully saturated rings. The van der Waals surface area contributed by atoms with Crippen molar-refractivity contribution < 1.29 is 40.2 Å². The van der Waals surface area contributed by atoms with Gasteiger partial charge in [-0.25, -0.2) is 9.13 Å². The van der Waals surface area contributed by atoms with E-state index in [0.717, 1.165) is 60.4 Å². The van der Waals surface area contributed by atoms with Gasteiger partial charge in [-0.05, 0) is 97.0 Å². The summed E-state index contributed by atoms with van der Waals surface area (Å²) < 4.78 is 7.70. The maximum Gasteiger partial charge on any atom is 0.163 e. The molecular weight excluding hydrogens is 1210 g/mol. The van der Waals surface area contributed by atoms with E-state index in [1.807, 2.05) is 113 Å². The van der Waals surface area contributed by atoms with Gasteiger partial charge in [-0.15, -0.1) is 24.3 Å². The van der Waals surface area contributed by atoms with Crippen LogP contribution in [0.2, 0.25) is 0 Å². The normalized spacial score (nSPS) is 10.6. The molecule has 5 aromatic carbocycles. The van der Waals surface area contributed by atoms with Crippen LogP contribution >= 0.6 is 0 Å². The Hall–Kier alpha value is -7.86. The minimum Gasteiger partial charge on any atom is -0.362 e. The maximum atomic E-state index is 4.67. The van der Waals surface area contributed by atoms with Crippen molar-refractivity contribution in [2.24, 2.45) is 14.1 Å². The summed E-state index contributed by atoms with van der Waals surface area (Å²) >= 11 is 0. The molecule has 0 amide bonds. The fraction of sp³-hybridized carbons (Fsp3) is 0.0545. The third-order valence-corrected chi connectivity index (χ3v) is 11.1. The number of hydrogen-bond donors (Lipinski definition) is 0. The van der Waals surface area contributed by atoms with Gasteiger partial charge in [0.25, 0.3) is 0 Å². The first-order valence-electron chi connectivity index (χ1n) is 21.4. The van der Waals surface area contributed by atoms with Crippen LogP contribution in [0.4, 0.5) is 0 Å². The molecule has 0 aliphatic heterocycles. The molecule has 0 saturated heterocycles. The minimum atomic E-state index is 0. The van der Waals surface area contributed by atoms with Crippen molar-refractivity contribution in [2.75, 3.05) is 0 Å². The van der Waals surface area contributed by atoms with Crippen molar-refractivity contribution in [2.45, 2.75) is 6.92 Å². The van der Waals surface area contributed by atoms with Gasteiger partial charge >= 0.3 is 0 Å². The molecule has 8 heterocycles. The monoisotopic (exact) mass is 1250 g/mol. The molecule has 13 rings (SSSR count). The Bertz CT molecular complexity index is 3650. The Kier molecular flexibility index (Phi) is 15.1. The Morgan fingerprint density at radius 1 is 0.478 bits per heavy atom. The predicted octanol–water partition coefficient (Wildman–Crippen LogP) is 10.8. The summed E-state index contributed by atoms with van der Waals surface area (Å²) in [6.07, 6.45) is 30.9. The molecule has 0 N–H and O–H groups in total. The first kappa shape index (κ1) is 47.6. The molecule has 0 aliphatic carbocycles. The van der Waals surface area contributed by atoms with E-state index in [-0.39, 0.29) is 40.2 Å². The van der Waals surface area contributed by atoms with Crippen LogP contribution in [-0.4, -0.2) is 58.1 Å². The van der Waals surface area contributed by atoms with Crippen LogP contribution < -0.4 is 0 Å². The molecule has 14 heteroatoms. The number of aryl methyl sites for hydroxylation is 3. The average molecular weight is 1250 g/mol. The van der Waals surface area contributed by atoms with Gasteiger partial charge in [-0.1, -0.05) is 108 Å². The summed E-state index contributed by atoms with van der Waals surface area (Å²) in [4.78, 5) is 33.7. The number of rotatable bonds is 3. The van der Waals surface area contributed by atoms with Gasteiger partial charge in [0.2, 0.25) is 0 Å². The average Bonchev–Trinajstić information content (AvgIpc) is 4.05. The zero-order chi connectivity index (χ0) is 45.5. The fourth-order valence-corrected chi connectivity index (χ4v) is 8.17. The number of hydrogen-bond acceptors (Lipinski definition) is 8. The Balaban J connectivity index is 0.000000128. The number of nitrogens with zero attached hydrogens (tertiary/aromatic N) is 12. The Morgan fingerprint density at radius 3 is 1.48 bits per heavy atom. The number of imidazole rings is 2. The molecular formula is C55H40Ir2N12-2. The van der Waals surface area contributed by atoms with Crippen LogP contribution in [0.15, 0.2) is 190 Å². The molecule has 2 radical (unpaired) electrons. The number of pyridine rings is 4. The van der Waals surface area contributed by atoms with E-state index in [4.69, 9.17) is 0 Å². The smallest absolute Gasteiger partial charge is 0.163 e. The number of fused-ring (bicyclic) bond motifs is 12. The van der Waals surface area contributed by atoms with Crippen LogP contribution in [0.3, 0.4) is 0 Å². The second-order valence-electron chi connectivity index (χ2n) is 15.5. The zero-order valence-electron chi connectivity index (χ0n) is 37.4. The zero-order valence-corrected chi connectivity index (χ0v) is 42.2. The summed E-state index contributed by atoms with van der Waals surface area (Å²) in [6, 6.07) is 41.8. The second-order valence-corrected chi connectivity index (χ2v) is 15.5. The summed E-state index contributed by atoms with van der Waals surface area (Å²) in [5.74, 6) is 0. The van der Waals surface area contributed by atoms with Gasteiger partial charge < -0.3 is 39.9 Å². The van der Waals surface area contributed by atoms with Crippen LogP contribution in [0.1, 0.15) is 5.56 Å². The van der Waals surface area contributed by atoms with E-state index >= 15 is 0 Å². The third-order valence-electron chi connectivity index (χ3n) is 11.1. The Morgan fingerprint density at radius 2 is 0.971 bits per heavy atom. The van der Waals surface area contributed by atoms with Gasteiger partial charge in [0.1, 0.15) is 24.8 Å². The largest absolute Gasteiger partial charge is 0.362 e. The predicted molar refractivity (Wildman–Crippen MR) is 264 cm³/mol. The molecule has 12 nitrogen and oxygen atoms in total. The standard InChI is InChI=1S/C22H13N2.C17H11N2.2C8H8N4.2Ir/c1-2-7-15(8-3-1)16-9-4-10-17-18-11-5-13-23-21(18)19-12-6-14-24-22(19)20(16)17;1-11-5-2-6-12-13-7-3-9-18-16(13)14-8-4-10-19-17(14)15(11)12;2*1-11-2-3-12(7-11)8-4-9-6-10-5-8;;/h1-11,13-14H;2-7,9-10H,1H3;2*2-4,6-7H,1H3;;/q2*-1;;;;. The van der Waals surface area contributed by atoms with Gasteiger partial charge in [0.15, 0.2) is 12.7 Å². The van der Waals surface area contributed by atoms with E-state index in [0.29, 0.717) is 0 Å². The van der Waals surface area contributed by atoms with Crippen LogP contribution in [0, 0.1) is 31.5 Å². The number of aromatic nitrogens is 12. The molecule has 0 saturated carbocycles. The van der Waals surface area contributed by atoms with Crippen molar-refractivity contribution >= 4 is 65.2 Å². The first-order valence-corrected chi connectivity index (χ1v) is 21.4. The molecule has 0 atom stereocenters. The Labute approximate surface area is 424 Å². The fourth-order valence-electron chi connectivity index (χ4n) is 8.17. The summed E-state index contributed by atoms with van der Waals surface area (Å²) in [5.41, 5.74) is 9.19. The van der Waals surface area contributed by atoms with Crippen LogP contribution in [0.5, 0.6) is 0 Å². The van der Waals surface area contributed by atoms with Crippen molar-refractivity contribution in [3.8, 4) is 22.5 Å². The van der Waals surface area contributed by atoms with E-state index in [1.165, 1.54) is 45.5 Å².